The molecule has 3 rings (SSSR count). The zero-order valence-electron chi connectivity index (χ0n) is 11.8. The van der Waals surface area contributed by atoms with E-state index in [1.165, 1.54) is 25.0 Å². The van der Waals surface area contributed by atoms with Crippen molar-refractivity contribution < 1.29 is 9.18 Å². The van der Waals surface area contributed by atoms with Crippen LogP contribution in [0.3, 0.4) is 0 Å². The lowest BCUT2D eigenvalue weighted by atomic mass is 9.86. The normalized spacial score (nSPS) is 30.8. The summed E-state index contributed by atoms with van der Waals surface area (Å²) in [6.45, 7) is 2.62. The maximum Gasteiger partial charge on any atom is 0.238 e. The summed E-state index contributed by atoms with van der Waals surface area (Å²) >= 11 is 0. The zero-order chi connectivity index (χ0) is 14.1. The first kappa shape index (κ1) is 13.6. The fourth-order valence-electron chi connectivity index (χ4n) is 3.41. The Labute approximate surface area is 119 Å². The Kier molecular flexibility index (Phi) is 3.74. The molecule has 0 bridgehead atoms. The van der Waals surface area contributed by atoms with E-state index in [0.29, 0.717) is 12.6 Å². The maximum absolute atomic E-state index is 13.4. The number of benzene rings is 1. The van der Waals surface area contributed by atoms with Crippen molar-refractivity contribution in [1.82, 2.24) is 10.2 Å². The molecule has 1 aliphatic carbocycles. The van der Waals surface area contributed by atoms with Gasteiger partial charge in [-0.25, -0.2) is 4.39 Å². The van der Waals surface area contributed by atoms with Crippen LogP contribution in [0, 0.1) is 11.7 Å². The van der Waals surface area contributed by atoms with Gasteiger partial charge in [0.05, 0.1) is 6.54 Å². The first-order chi connectivity index (χ1) is 9.65. The Hall–Kier alpha value is -1.42. The van der Waals surface area contributed by atoms with Gasteiger partial charge >= 0.3 is 0 Å². The highest BCUT2D eigenvalue weighted by Crippen LogP contribution is 2.33. The topological polar surface area (TPSA) is 32.3 Å². The van der Waals surface area contributed by atoms with Gasteiger partial charge in [0.15, 0.2) is 0 Å². The number of carbonyl (C=O) groups excluding carboxylic acids is 1. The minimum absolute atomic E-state index is 0.138. The Morgan fingerprint density at radius 2 is 2.00 bits per heavy atom. The smallest absolute Gasteiger partial charge is 0.238 e. The Morgan fingerprint density at radius 3 is 2.70 bits per heavy atom. The second-order valence-corrected chi connectivity index (χ2v) is 6.05. The number of carbonyl (C=O) groups is 1. The summed E-state index contributed by atoms with van der Waals surface area (Å²) in [5.41, 5.74) is 0.842. The molecule has 108 valence electrons. The number of rotatable bonds is 2. The lowest BCUT2D eigenvalue weighted by Crippen LogP contribution is -2.41. The van der Waals surface area contributed by atoms with E-state index in [2.05, 4.69) is 12.2 Å². The predicted molar refractivity (Wildman–Crippen MR) is 75.4 cm³/mol. The quantitative estimate of drug-likeness (QED) is 0.901. The molecular weight excluding hydrogens is 255 g/mol. The molecule has 1 heterocycles. The minimum atomic E-state index is -0.249. The molecule has 1 aliphatic heterocycles. The molecule has 3 nitrogen and oxygen atoms in total. The van der Waals surface area contributed by atoms with Crippen molar-refractivity contribution in [2.24, 2.45) is 5.92 Å². The molecule has 1 amide bonds. The third-order valence-electron chi connectivity index (χ3n) is 4.56. The molecule has 1 aromatic rings. The van der Waals surface area contributed by atoms with Crippen molar-refractivity contribution in [1.29, 1.82) is 0 Å². The summed E-state index contributed by atoms with van der Waals surface area (Å²) in [7, 11) is 0. The van der Waals surface area contributed by atoms with Gasteiger partial charge in [0.1, 0.15) is 12.0 Å². The number of nitrogens with zero attached hydrogens (tertiary/aromatic N) is 1. The van der Waals surface area contributed by atoms with Gasteiger partial charge in [-0.15, -0.1) is 0 Å². The first-order valence-electron chi connectivity index (χ1n) is 7.45. The molecule has 1 N–H and O–H groups in total. The van der Waals surface area contributed by atoms with E-state index in [1.54, 1.807) is 6.07 Å². The molecule has 0 aromatic heterocycles. The molecule has 2 fully saturated rings. The number of hydrogen-bond donors (Lipinski definition) is 1. The van der Waals surface area contributed by atoms with Gasteiger partial charge in [0.25, 0.3) is 0 Å². The Balaban J connectivity index is 1.81. The molecule has 2 aliphatic rings. The van der Waals surface area contributed by atoms with Crippen molar-refractivity contribution in [3.8, 4) is 0 Å². The van der Waals surface area contributed by atoms with E-state index in [1.807, 2.05) is 11.0 Å². The first-order valence-corrected chi connectivity index (χ1v) is 7.45. The molecule has 0 spiro atoms. The van der Waals surface area contributed by atoms with Gasteiger partial charge < -0.3 is 4.90 Å². The van der Waals surface area contributed by atoms with Gasteiger partial charge in [0, 0.05) is 6.04 Å². The minimum Gasteiger partial charge on any atom is -0.319 e. The highest BCUT2D eigenvalue weighted by Gasteiger charge is 2.37. The van der Waals surface area contributed by atoms with Crippen molar-refractivity contribution in [3.05, 3.63) is 35.6 Å². The van der Waals surface area contributed by atoms with Gasteiger partial charge in [0.2, 0.25) is 5.91 Å². The van der Waals surface area contributed by atoms with E-state index in [0.717, 1.165) is 24.3 Å². The van der Waals surface area contributed by atoms with Gasteiger partial charge in [-0.05, 0) is 49.3 Å². The third kappa shape index (κ3) is 2.57. The zero-order valence-corrected chi connectivity index (χ0v) is 11.8. The molecule has 1 unspecified atom stereocenters. The van der Waals surface area contributed by atoms with Crippen LogP contribution in [-0.2, 0) is 4.79 Å². The lowest BCUT2D eigenvalue weighted by molar-refractivity contribution is -0.131. The lowest BCUT2D eigenvalue weighted by Gasteiger charge is -2.37. The summed E-state index contributed by atoms with van der Waals surface area (Å²) < 4.78 is 13.4. The molecule has 4 heteroatoms. The fraction of sp³-hybridized carbons (Fsp3) is 0.562. The molecule has 0 radical (unpaired) electrons. The highest BCUT2D eigenvalue weighted by atomic mass is 19.1. The van der Waals surface area contributed by atoms with Crippen molar-refractivity contribution in [2.45, 2.75) is 44.8 Å². The van der Waals surface area contributed by atoms with E-state index < -0.39 is 0 Å². The molecule has 1 saturated heterocycles. The predicted octanol–water partition coefficient (Wildman–Crippen LogP) is 2.83. The van der Waals surface area contributed by atoms with Crippen LogP contribution in [0.2, 0.25) is 0 Å². The average Bonchev–Trinajstić information content (AvgIpc) is 2.82. The summed E-state index contributed by atoms with van der Waals surface area (Å²) in [5.74, 6) is 0.643. The average molecular weight is 276 g/mol. The molecule has 20 heavy (non-hydrogen) atoms. The standard InChI is InChI=1S/C16H21FN2O/c1-11-5-7-14(8-6-11)19-15(20)10-18-16(19)12-3-2-4-13(17)9-12/h2-4,9,11,14,16,18H,5-8,10H2,1H3. The maximum atomic E-state index is 13.4. The number of amides is 1. The van der Waals surface area contributed by atoms with Crippen molar-refractivity contribution in [3.63, 3.8) is 0 Å². The summed E-state index contributed by atoms with van der Waals surface area (Å²) in [6, 6.07) is 6.84. The largest absolute Gasteiger partial charge is 0.319 e. The number of nitrogens with one attached hydrogen (secondary N) is 1. The molecule has 1 saturated carbocycles. The Bertz CT molecular complexity index is 497. The Morgan fingerprint density at radius 1 is 1.25 bits per heavy atom. The fourth-order valence-corrected chi connectivity index (χ4v) is 3.41. The van der Waals surface area contributed by atoms with Crippen LogP contribution in [0.1, 0.15) is 44.3 Å². The summed E-state index contributed by atoms with van der Waals surface area (Å²) in [6.07, 6.45) is 4.28. The SMILES string of the molecule is CC1CCC(N2C(=O)CNC2c2cccc(F)c2)CC1. The van der Waals surface area contributed by atoms with Crippen LogP contribution in [0.15, 0.2) is 24.3 Å². The summed E-state index contributed by atoms with van der Waals surface area (Å²) in [5, 5.41) is 3.22. The number of halogens is 1. The third-order valence-corrected chi connectivity index (χ3v) is 4.56. The molecular formula is C16H21FN2O. The van der Waals surface area contributed by atoms with Gasteiger partial charge in [-0.3, -0.25) is 10.1 Å². The van der Waals surface area contributed by atoms with Crippen LogP contribution in [-0.4, -0.2) is 23.4 Å². The van der Waals surface area contributed by atoms with Crippen LogP contribution < -0.4 is 5.32 Å². The van der Waals surface area contributed by atoms with E-state index in [-0.39, 0.29) is 17.9 Å². The van der Waals surface area contributed by atoms with Gasteiger partial charge in [-0.2, -0.15) is 0 Å². The molecule has 1 atom stereocenters. The van der Waals surface area contributed by atoms with Gasteiger partial charge in [-0.1, -0.05) is 19.1 Å². The monoisotopic (exact) mass is 276 g/mol. The summed E-state index contributed by atoms with van der Waals surface area (Å²) in [4.78, 5) is 14.1. The second kappa shape index (κ2) is 5.52. The highest BCUT2D eigenvalue weighted by molar-refractivity contribution is 5.81. The second-order valence-electron chi connectivity index (χ2n) is 6.05. The van der Waals surface area contributed by atoms with E-state index in [4.69, 9.17) is 0 Å². The molecule has 1 aromatic carbocycles. The van der Waals surface area contributed by atoms with E-state index in [9.17, 15) is 9.18 Å². The van der Waals surface area contributed by atoms with Crippen LogP contribution >= 0.6 is 0 Å². The van der Waals surface area contributed by atoms with Crippen LogP contribution in [0.25, 0.3) is 0 Å². The van der Waals surface area contributed by atoms with Crippen molar-refractivity contribution in [2.75, 3.05) is 6.54 Å². The van der Waals surface area contributed by atoms with Crippen molar-refractivity contribution >= 4 is 5.91 Å². The van der Waals surface area contributed by atoms with E-state index >= 15 is 0 Å². The number of hydrogen-bond acceptors (Lipinski definition) is 2. The van der Waals surface area contributed by atoms with Crippen LogP contribution in [0.4, 0.5) is 4.39 Å². The van der Waals surface area contributed by atoms with Crippen LogP contribution in [0.5, 0.6) is 0 Å².